The van der Waals surface area contributed by atoms with Crippen molar-refractivity contribution in [2.75, 3.05) is 6.61 Å². The molecule has 0 bridgehead atoms. The molecule has 2 saturated heterocycles. The molecule has 0 saturated carbocycles. The molecule has 18 heavy (non-hydrogen) atoms. The zero-order chi connectivity index (χ0) is 13.8. The van der Waals surface area contributed by atoms with Gasteiger partial charge in [0.15, 0.2) is 20.4 Å². The highest BCUT2D eigenvalue weighted by Crippen LogP contribution is 2.41. The molecule has 3 atom stereocenters. The highest BCUT2D eigenvalue weighted by atomic mass is 28.4. The van der Waals surface area contributed by atoms with Crippen molar-refractivity contribution in [3.05, 3.63) is 0 Å². The summed E-state index contributed by atoms with van der Waals surface area (Å²) in [6, 6.07) is 0. The molecule has 0 aliphatic carbocycles. The first-order valence-electron chi connectivity index (χ1n) is 6.67. The third kappa shape index (κ3) is 2.65. The lowest BCUT2D eigenvalue weighted by atomic mass is 10.2. The Hall–Kier alpha value is 0.0569. The fourth-order valence-corrected chi connectivity index (χ4v) is 3.39. The van der Waals surface area contributed by atoms with Crippen molar-refractivity contribution < 1.29 is 18.6 Å². The predicted octanol–water partition coefficient (Wildman–Crippen LogP) is 2.88. The quantitative estimate of drug-likeness (QED) is 0.726. The first kappa shape index (κ1) is 14.5. The Morgan fingerprint density at radius 1 is 1.17 bits per heavy atom. The molecule has 0 radical (unpaired) electrons. The molecule has 0 aromatic rings. The molecule has 0 aromatic heterocycles. The summed E-state index contributed by atoms with van der Waals surface area (Å²) in [5.41, 5.74) is 0. The van der Waals surface area contributed by atoms with Gasteiger partial charge in [-0.3, -0.25) is 0 Å². The van der Waals surface area contributed by atoms with Crippen LogP contribution in [0.2, 0.25) is 18.1 Å². The molecule has 106 valence electrons. The molecule has 0 N–H and O–H groups in total. The first-order valence-corrected chi connectivity index (χ1v) is 9.58. The number of ether oxygens (including phenoxy) is 3. The van der Waals surface area contributed by atoms with Gasteiger partial charge in [-0.2, -0.15) is 0 Å². The van der Waals surface area contributed by atoms with Crippen molar-refractivity contribution in [3.8, 4) is 0 Å². The molecular formula is C13H26O4Si. The molecule has 5 heteroatoms. The molecule has 0 aromatic carbocycles. The van der Waals surface area contributed by atoms with Crippen LogP contribution in [0.1, 0.15) is 34.6 Å². The van der Waals surface area contributed by atoms with Gasteiger partial charge in [-0.05, 0) is 32.0 Å². The van der Waals surface area contributed by atoms with Gasteiger partial charge in [0.2, 0.25) is 0 Å². The van der Waals surface area contributed by atoms with Gasteiger partial charge in [0.25, 0.3) is 0 Å². The summed E-state index contributed by atoms with van der Waals surface area (Å²) in [5.74, 6) is -0.565. The van der Waals surface area contributed by atoms with E-state index in [1.165, 1.54) is 0 Å². The summed E-state index contributed by atoms with van der Waals surface area (Å²) in [6.07, 6.45) is -0.360. The summed E-state index contributed by atoms with van der Waals surface area (Å²) < 4.78 is 23.6. The summed E-state index contributed by atoms with van der Waals surface area (Å²) in [7, 11) is -1.79. The fraction of sp³-hybridized carbons (Fsp3) is 1.00. The molecule has 2 rings (SSSR count). The lowest BCUT2D eigenvalue weighted by molar-refractivity contribution is -0.199. The van der Waals surface area contributed by atoms with Crippen molar-refractivity contribution in [3.63, 3.8) is 0 Å². The second-order valence-corrected chi connectivity index (χ2v) is 12.0. The third-order valence-electron chi connectivity index (χ3n) is 4.13. The minimum absolute atomic E-state index is 0.00216. The highest BCUT2D eigenvalue weighted by Gasteiger charge is 2.53. The average Bonchev–Trinajstić information content (AvgIpc) is 2.61. The van der Waals surface area contributed by atoms with Crippen molar-refractivity contribution in [1.29, 1.82) is 0 Å². The van der Waals surface area contributed by atoms with E-state index in [1.54, 1.807) is 0 Å². The largest absolute Gasteiger partial charge is 0.409 e. The van der Waals surface area contributed by atoms with Crippen LogP contribution >= 0.6 is 0 Å². The molecule has 0 unspecified atom stereocenters. The van der Waals surface area contributed by atoms with E-state index >= 15 is 0 Å². The fourth-order valence-electron chi connectivity index (χ4n) is 2.08. The van der Waals surface area contributed by atoms with Crippen LogP contribution in [0.5, 0.6) is 0 Å². The average molecular weight is 274 g/mol. The maximum atomic E-state index is 6.38. The van der Waals surface area contributed by atoms with Gasteiger partial charge < -0.3 is 18.6 Å². The van der Waals surface area contributed by atoms with Gasteiger partial charge in [-0.15, -0.1) is 0 Å². The molecule has 4 nitrogen and oxygen atoms in total. The number of fused-ring (bicyclic) bond motifs is 1. The second-order valence-electron chi connectivity index (χ2n) is 7.22. The molecule has 2 aliphatic rings. The SMILES string of the molecule is CC1(C)O[C@H]2OC[C@@H](O[Si](C)(C)C(C)(C)C)[C@H]2O1. The summed E-state index contributed by atoms with van der Waals surface area (Å²) >= 11 is 0. The summed E-state index contributed by atoms with van der Waals surface area (Å²) in [5, 5.41) is 0.195. The number of hydrogen-bond donors (Lipinski definition) is 0. The Labute approximate surface area is 111 Å². The number of hydrogen-bond acceptors (Lipinski definition) is 4. The molecule has 2 fully saturated rings. The van der Waals surface area contributed by atoms with E-state index in [-0.39, 0.29) is 23.5 Å². The maximum absolute atomic E-state index is 6.38. The van der Waals surface area contributed by atoms with E-state index < -0.39 is 14.1 Å². The molecule has 2 aliphatic heterocycles. The van der Waals surface area contributed by atoms with E-state index in [0.717, 1.165) is 0 Å². The number of rotatable bonds is 2. The van der Waals surface area contributed by atoms with Crippen LogP contribution in [-0.4, -0.2) is 39.2 Å². The second kappa shape index (κ2) is 4.28. The third-order valence-corrected chi connectivity index (χ3v) is 8.64. The van der Waals surface area contributed by atoms with Gasteiger partial charge >= 0.3 is 0 Å². The van der Waals surface area contributed by atoms with Crippen LogP contribution in [0, 0.1) is 0 Å². The van der Waals surface area contributed by atoms with Crippen LogP contribution in [-0.2, 0) is 18.6 Å². The van der Waals surface area contributed by atoms with Crippen molar-refractivity contribution >= 4 is 8.32 Å². The Balaban J connectivity index is 2.04. The standard InChI is InChI=1S/C13H26O4Si/c1-12(2,3)18(6,7)17-9-8-14-11-10(9)15-13(4,5)16-11/h9-11H,8H2,1-7H3/t9-,10-,11-/m1/s1. The molecular weight excluding hydrogens is 248 g/mol. The monoisotopic (exact) mass is 274 g/mol. The zero-order valence-corrected chi connectivity index (χ0v) is 13.6. The van der Waals surface area contributed by atoms with Gasteiger partial charge in [-0.1, -0.05) is 20.8 Å². The highest BCUT2D eigenvalue weighted by molar-refractivity contribution is 6.74. The van der Waals surface area contributed by atoms with Gasteiger partial charge in [0.05, 0.1) is 12.7 Å². The Kier molecular flexibility index (Phi) is 3.44. The van der Waals surface area contributed by atoms with Crippen LogP contribution < -0.4 is 0 Å². The van der Waals surface area contributed by atoms with E-state index in [1.807, 2.05) is 13.8 Å². The van der Waals surface area contributed by atoms with Crippen molar-refractivity contribution in [2.24, 2.45) is 0 Å². The van der Waals surface area contributed by atoms with Crippen LogP contribution in [0.4, 0.5) is 0 Å². The van der Waals surface area contributed by atoms with E-state index in [4.69, 9.17) is 18.6 Å². The minimum atomic E-state index is -1.79. The maximum Gasteiger partial charge on any atom is 0.192 e. The van der Waals surface area contributed by atoms with E-state index in [2.05, 4.69) is 33.9 Å². The molecule has 0 amide bonds. The zero-order valence-electron chi connectivity index (χ0n) is 12.6. The first-order chi connectivity index (χ1) is 8.02. The Morgan fingerprint density at radius 2 is 1.78 bits per heavy atom. The lowest BCUT2D eigenvalue weighted by Gasteiger charge is -2.39. The van der Waals surface area contributed by atoms with Gasteiger partial charge in [-0.25, -0.2) is 0 Å². The Morgan fingerprint density at radius 3 is 2.33 bits per heavy atom. The normalized spacial score (nSPS) is 35.8. The predicted molar refractivity (Wildman–Crippen MR) is 71.8 cm³/mol. The lowest BCUT2D eigenvalue weighted by Crippen LogP contribution is -2.47. The van der Waals surface area contributed by atoms with Crippen LogP contribution in [0.3, 0.4) is 0 Å². The van der Waals surface area contributed by atoms with Gasteiger partial charge in [0, 0.05) is 0 Å². The topological polar surface area (TPSA) is 36.9 Å². The van der Waals surface area contributed by atoms with Crippen molar-refractivity contribution in [2.45, 2.75) is 77.0 Å². The van der Waals surface area contributed by atoms with Gasteiger partial charge in [0.1, 0.15) is 6.10 Å². The Bertz CT molecular complexity index is 321. The summed E-state index contributed by atoms with van der Waals surface area (Å²) in [4.78, 5) is 0. The van der Waals surface area contributed by atoms with E-state index in [9.17, 15) is 0 Å². The molecule has 0 spiro atoms. The summed E-state index contributed by atoms with van der Waals surface area (Å²) in [6.45, 7) is 15.6. The smallest absolute Gasteiger partial charge is 0.192 e. The van der Waals surface area contributed by atoms with Crippen molar-refractivity contribution in [1.82, 2.24) is 0 Å². The van der Waals surface area contributed by atoms with Crippen LogP contribution in [0.15, 0.2) is 0 Å². The van der Waals surface area contributed by atoms with E-state index in [0.29, 0.717) is 6.61 Å². The van der Waals surface area contributed by atoms with Crippen LogP contribution in [0.25, 0.3) is 0 Å². The minimum Gasteiger partial charge on any atom is -0.409 e. The molecule has 2 heterocycles.